The van der Waals surface area contributed by atoms with Crippen LogP contribution in [0.2, 0.25) is 0 Å². The molecular formula is C21H32N2O4. The first-order valence-electron chi connectivity index (χ1n) is 9.88. The fourth-order valence-electron chi connectivity index (χ4n) is 4.49. The summed E-state index contributed by atoms with van der Waals surface area (Å²) >= 11 is 0. The van der Waals surface area contributed by atoms with Crippen LogP contribution in [0.4, 0.5) is 0 Å². The average molecular weight is 376 g/mol. The van der Waals surface area contributed by atoms with Gasteiger partial charge in [0, 0.05) is 31.5 Å². The van der Waals surface area contributed by atoms with Crippen LogP contribution in [0, 0.1) is 5.41 Å². The zero-order chi connectivity index (χ0) is 19.3. The van der Waals surface area contributed by atoms with Crippen molar-refractivity contribution in [2.45, 2.75) is 38.5 Å². The summed E-state index contributed by atoms with van der Waals surface area (Å²) in [7, 11) is 4.81. The Hall–Kier alpha value is -1.95. The van der Waals surface area contributed by atoms with E-state index < -0.39 is 0 Å². The molecule has 1 aromatic carbocycles. The van der Waals surface area contributed by atoms with Crippen molar-refractivity contribution in [3.8, 4) is 17.2 Å². The fourth-order valence-corrected chi connectivity index (χ4v) is 4.49. The minimum atomic E-state index is 0.244. The second kappa shape index (κ2) is 8.83. The van der Waals surface area contributed by atoms with Crippen molar-refractivity contribution >= 4 is 5.91 Å². The molecule has 1 aromatic rings. The van der Waals surface area contributed by atoms with E-state index in [1.165, 1.54) is 19.3 Å². The van der Waals surface area contributed by atoms with E-state index in [1.807, 2.05) is 12.1 Å². The lowest BCUT2D eigenvalue weighted by Crippen LogP contribution is -2.52. The van der Waals surface area contributed by atoms with E-state index >= 15 is 0 Å². The monoisotopic (exact) mass is 376 g/mol. The van der Waals surface area contributed by atoms with Crippen LogP contribution >= 0.6 is 0 Å². The molecule has 0 aromatic heterocycles. The van der Waals surface area contributed by atoms with E-state index in [2.05, 4.69) is 10.2 Å². The summed E-state index contributed by atoms with van der Waals surface area (Å²) in [6.45, 7) is 3.93. The molecule has 6 heteroatoms. The molecule has 2 aliphatic rings. The zero-order valence-corrected chi connectivity index (χ0v) is 16.8. The van der Waals surface area contributed by atoms with E-state index in [-0.39, 0.29) is 5.91 Å². The van der Waals surface area contributed by atoms with Crippen molar-refractivity contribution in [2.75, 3.05) is 47.5 Å². The molecule has 3 rings (SSSR count). The van der Waals surface area contributed by atoms with Gasteiger partial charge in [-0.15, -0.1) is 0 Å². The maximum absolute atomic E-state index is 12.8. The van der Waals surface area contributed by atoms with Gasteiger partial charge in [-0.1, -0.05) is 0 Å². The highest BCUT2D eigenvalue weighted by molar-refractivity contribution is 5.76. The standard InChI is InChI=1S/C21H32N2O4/c1-25-17-12-16(13-18(26-2)20(17)27-3)6-7-19(24)23-11-5-9-21(15-23)8-4-10-22-14-21/h12-13,22H,4-11,14-15H2,1-3H3. The number of piperidine rings is 2. The van der Waals surface area contributed by atoms with Gasteiger partial charge in [-0.2, -0.15) is 0 Å². The maximum Gasteiger partial charge on any atom is 0.222 e. The normalized spacial score (nSPS) is 22.6. The second-order valence-electron chi connectivity index (χ2n) is 7.73. The third kappa shape index (κ3) is 4.49. The van der Waals surface area contributed by atoms with Crippen molar-refractivity contribution in [3.05, 3.63) is 17.7 Å². The zero-order valence-electron chi connectivity index (χ0n) is 16.8. The minimum absolute atomic E-state index is 0.244. The minimum Gasteiger partial charge on any atom is -0.493 e. The molecule has 0 radical (unpaired) electrons. The summed E-state index contributed by atoms with van der Waals surface area (Å²) < 4.78 is 16.2. The average Bonchev–Trinajstić information content (AvgIpc) is 2.71. The number of hydrogen-bond acceptors (Lipinski definition) is 5. The quantitative estimate of drug-likeness (QED) is 0.827. The third-order valence-electron chi connectivity index (χ3n) is 5.93. The van der Waals surface area contributed by atoms with Gasteiger partial charge in [-0.3, -0.25) is 4.79 Å². The molecule has 2 aliphatic heterocycles. The van der Waals surface area contributed by atoms with Crippen molar-refractivity contribution in [1.29, 1.82) is 0 Å². The Balaban J connectivity index is 1.63. The highest BCUT2D eigenvalue weighted by Crippen LogP contribution is 2.39. The van der Waals surface area contributed by atoms with Gasteiger partial charge in [0.25, 0.3) is 0 Å². The van der Waals surface area contributed by atoms with Gasteiger partial charge in [0.15, 0.2) is 11.5 Å². The number of rotatable bonds is 6. The van der Waals surface area contributed by atoms with Gasteiger partial charge < -0.3 is 24.4 Å². The van der Waals surface area contributed by atoms with Gasteiger partial charge in [0.2, 0.25) is 11.7 Å². The summed E-state index contributed by atoms with van der Waals surface area (Å²) in [4.78, 5) is 14.9. The molecule has 6 nitrogen and oxygen atoms in total. The van der Waals surface area contributed by atoms with E-state index in [0.717, 1.165) is 38.2 Å². The van der Waals surface area contributed by atoms with Crippen molar-refractivity contribution in [1.82, 2.24) is 10.2 Å². The van der Waals surface area contributed by atoms with E-state index in [0.29, 0.717) is 35.5 Å². The van der Waals surface area contributed by atoms with Gasteiger partial charge >= 0.3 is 0 Å². The van der Waals surface area contributed by atoms with Gasteiger partial charge in [-0.25, -0.2) is 0 Å². The number of carbonyl (C=O) groups excluding carboxylic acids is 1. The number of ether oxygens (including phenoxy) is 3. The number of carbonyl (C=O) groups is 1. The van der Waals surface area contributed by atoms with Crippen LogP contribution in [-0.2, 0) is 11.2 Å². The Kier molecular flexibility index (Phi) is 6.47. The van der Waals surface area contributed by atoms with Crippen molar-refractivity contribution in [3.63, 3.8) is 0 Å². The number of likely N-dealkylation sites (tertiary alicyclic amines) is 1. The molecule has 1 unspecified atom stereocenters. The van der Waals surface area contributed by atoms with E-state index in [9.17, 15) is 4.79 Å². The highest BCUT2D eigenvalue weighted by atomic mass is 16.5. The number of benzene rings is 1. The SMILES string of the molecule is COc1cc(CCC(=O)N2CCCC3(CCCNC3)C2)cc(OC)c1OC. The second-order valence-corrected chi connectivity index (χ2v) is 7.73. The van der Waals surface area contributed by atoms with Crippen molar-refractivity contribution in [2.24, 2.45) is 5.41 Å². The number of methoxy groups -OCH3 is 3. The summed E-state index contributed by atoms with van der Waals surface area (Å²) in [6, 6.07) is 3.86. The molecule has 1 amide bonds. The summed E-state index contributed by atoms with van der Waals surface area (Å²) in [5, 5.41) is 3.52. The molecule has 27 heavy (non-hydrogen) atoms. The molecule has 0 saturated carbocycles. The lowest BCUT2D eigenvalue weighted by Gasteiger charge is -2.45. The smallest absolute Gasteiger partial charge is 0.222 e. The Labute approximate surface area is 162 Å². The summed E-state index contributed by atoms with van der Waals surface area (Å²) in [5.74, 6) is 2.08. The fraction of sp³-hybridized carbons (Fsp3) is 0.667. The van der Waals surface area contributed by atoms with Crippen LogP contribution in [0.25, 0.3) is 0 Å². The molecule has 0 aliphatic carbocycles. The molecule has 1 N–H and O–H groups in total. The molecule has 0 bridgehead atoms. The van der Waals surface area contributed by atoms with Crippen LogP contribution in [0.5, 0.6) is 17.2 Å². The number of aryl methyl sites for hydroxylation is 1. The first kappa shape index (κ1) is 19.8. The number of nitrogens with one attached hydrogen (secondary N) is 1. The molecule has 2 fully saturated rings. The van der Waals surface area contributed by atoms with Crippen LogP contribution in [0.15, 0.2) is 12.1 Å². The lowest BCUT2D eigenvalue weighted by molar-refractivity contribution is -0.135. The number of hydrogen-bond donors (Lipinski definition) is 1. The molecule has 1 atom stereocenters. The Morgan fingerprint density at radius 3 is 2.41 bits per heavy atom. The van der Waals surface area contributed by atoms with Gasteiger partial charge in [-0.05, 0) is 56.3 Å². The molecule has 150 valence electrons. The first-order chi connectivity index (χ1) is 13.1. The number of nitrogens with zero attached hydrogens (tertiary/aromatic N) is 1. The Bertz CT molecular complexity index is 625. The predicted octanol–water partition coefficient (Wildman–Crippen LogP) is 2.64. The number of amides is 1. The first-order valence-corrected chi connectivity index (χ1v) is 9.88. The lowest BCUT2D eigenvalue weighted by atomic mass is 9.74. The Morgan fingerprint density at radius 2 is 1.81 bits per heavy atom. The topological polar surface area (TPSA) is 60.0 Å². The largest absolute Gasteiger partial charge is 0.493 e. The van der Waals surface area contributed by atoms with Crippen LogP contribution in [0.3, 0.4) is 0 Å². The van der Waals surface area contributed by atoms with Gasteiger partial charge in [0.05, 0.1) is 21.3 Å². The summed E-state index contributed by atoms with van der Waals surface area (Å²) in [5.41, 5.74) is 1.31. The van der Waals surface area contributed by atoms with E-state index in [4.69, 9.17) is 14.2 Å². The van der Waals surface area contributed by atoms with Crippen LogP contribution in [-0.4, -0.2) is 58.3 Å². The molecular weight excluding hydrogens is 344 g/mol. The predicted molar refractivity (Wildman–Crippen MR) is 105 cm³/mol. The molecule has 2 saturated heterocycles. The van der Waals surface area contributed by atoms with E-state index in [1.54, 1.807) is 21.3 Å². The van der Waals surface area contributed by atoms with Gasteiger partial charge in [0.1, 0.15) is 0 Å². The maximum atomic E-state index is 12.8. The Morgan fingerprint density at radius 1 is 1.11 bits per heavy atom. The third-order valence-corrected chi connectivity index (χ3v) is 5.93. The highest BCUT2D eigenvalue weighted by Gasteiger charge is 2.37. The van der Waals surface area contributed by atoms with Crippen LogP contribution in [0.1, 0.15) is 37.7 Å². The molecule has 1 spiro atoms. The molecule has 2 heterocycles. The summed E-state index contributed by atoms with van der Waals surface area (Å²) in [6.07, 6.45) is 5.96. The van der Waals surface area contributed by atoms with Crippen molar-refractivity contribution < 1.29 is 19.0 Å². The van der Waals surface area contributed by atoms with Crippen LogP contribution < -0.4 is 19.5 Å².